The third kappa shape index (κ3) is 2.87. The summed E-state index contributed by atoms with van der Waals surface area (Å²) in [5, 5.41) is 0. The Morgan fingerprint density at radius 3 is 2.50 bits per heavy atom. The number of hydrogen-bond acceptors (Lipinski definition) is 4. The zero-order chi connectivity index (χ0) is 13.2. The van der Waals surface area contributed by atoms with E-state index >= 15 is 0 Å². The number of hydrogen-bond donors (Lipinski definition) is 1. The fourth-order valence-corrected chi connectivity index (χ4v) is 3.44. The summed E-state index contributed by atoms with van der Waals surface area (Å²) in [6.07, 6.45) is 4.99. The molecule has 2 N–H and O–H groups in total. The number of rotatable bonds is 3. The van der Waals surface area contributed by atoms with Crippen LogP contribution in [-0.2, 0) is 9.47 Å². The van der Waals surface area contributed by atoms with Gasteiger partial charge in [-0.05, 0) is 39.5 Å². The van der Waals surface area contributed by atoms with E-state index in [1.807, 2.05) is 7.11 Å². The molecule has 1 heterocycles. The third-order valence-corrected chi connectivity index (χ3v) is 4.67. The van der Waals surface area contributed by atoms with Crippen LogP contribution in [0.15, 0.2) is 0 Å². The lowest BCUT2D eigenvalue weighted by atomic mass is 9.78. The average Bonchev–Trinajstić information content (AvgIpc) is 2.37. The van der Waals surface area contributed by atoms with Crippen LogP contribution >= 0.6 is 0 Å². The van der Waals surface area contributed by atoms with Gasteiger partial charge in [0, 0.05) is 32.3 Å². The van der Waals surface area contributed by atoms with Crippen LogP contribution in [-0.4, -0.2) is 55.5 Å². The first-order valence-corrected chi connectivity index (χ1v) is 7.13. The van der Waals surface area contributed by atoms with Crippen molar-refractivity contribution in [2.75, 3.05) is 33.4 Å². The SMILES string of the molecule is COC1CCC(CN)(N2CCOC(C)(C)C2)CC1. The molecule has 2 aliphatic rings. The lowest BCUT2D eigenvalue weighted by Crippen LogP contribution is -2.62. The molecule has 18 heavy (non-hydrogen) atoms. The Labute approximate surface area is 111 Å². The molecule has 2 fully saturated rings. The first-order valence-electron chi connectivity index (χ1n) is 7.13. The molecule has 106 valence electrons. The van der Waals surface area contributed by atoms with Crippen molar-refractivity contribution in [3.05, 3.63) is 0 Å². The topological polar surface area (TPSA) is 47.7 Å². The minimum atomic E-state index is -0.0431. The van der Waals surface area contributed by atoms with Gasteiger partial charge in [-0.25, -0.2) is 0 Å². The van der Waals surface area contributed by atoms with Crippen LogP contribution in [0.3, 0.4) is 0 Å². The van der Waals surface area contributed by atoms with Gasteiger partial charge in [-0.3, -0.25) is 4.90 Å². The molecule has 0 aromatic rings. The van der Waals surface area contributed by atoms with Gasteiger partial charge in [0.25, 0.3) is 0 Å². The fourth-order valence-electron chi connectivity index (χ4n) is 3.44. The normalized spacial score (nSPS) is 37.7. The quantitative estimate of drug-likeness (QED) is 0.829. The standard InChI is InChI=1S/C14H28N2O2/c1-13(2)11-16(8-9-18-13)14(10-15)6-4-12(17-3)5-7-14/h12H,4-11,15H2,1-3H3. The van der Waals surface area contributed by atoms with E-state index in [0.717, 1.165) is 51.9 Å². The van der Waals surface area contributed by atoms with Crippen LogP contribution in [0.2, 0.25) is 0 Å². The highest BCUT2D eigenvalue weighted by Gasteiger charge is 2.42. The maximum atomic E-state index is 6.12. The molecule has 0 amide bonds. The summed E-state index contributed by atoms with van der Waals surface area (Å²) in [6, 6.07) is 0. The molecule has 0 spiro atoms. The maximum Gasteiger partial charge on any atom is 0.0753 e. The van der Waals surface area contributed by atoms with Gasteiger partial charge in [-0.1, -0.05) is 0 Å². The van der Waals surface area contributed by atoms with E-state index in [1.165, 1.54) is 0 Å². The van der Waals surface area contributed by atoms with Crippen LogP contribution in [0, 0.1) is 0 Å². The third-order valence-electron chi connectivity index (χ3n) is 4.67. The average molecular weight is 256 g/mol. The zero-order valence-electron chi connectivity index (χ0n) is 12.1. The van der Waals surface area contributed by atoms with Crippen LogP contribution < -0.4 is 5.73 Å². The van der Waals surface area contributed by atoms with Crippen molar-refractivity contribution in [1.29, 1.82) is 0 Å². The first-order chi connectivity index (χ1) is 8.51. The Morgan fingerprint density at radius 2 is 2.00 bits per heavy atom. The van der Waals surface area contributed by atoms with Crippen molar-refractivity contribution in [1.82, 2.24) is 4.90 Å². The second kappa shape index (κ2) is 5.45. The van der Waals surface area contributed by atoms with Crippen LogP contribution in [0.4, 0.5) is 0 Å². The van der Waals surface area contributed by atoms with Gasteiger partial charge in [-0.2, -0.15) is 0 Å². The number of methoxy groups -OCH3 is 1. The highest BCUT2D eigenvalue weighted by Crippen LogP contribution is 2.36. The van der Waals surface area contributed by atoms with Crippen molar-refractivity contribution in [2.24, 2.45) is 5.73 Å². The molecule has 0 aromatic carbocycles. The molecule has 4 heteroatoms. The van der Waals surface area contributed by atoms with Gasteiger partial charge in [-0.15, -0.1) is 0 Å². The molecule has 0 atom stereocenters. The fraction of sp³-hybridized carbons (Fsp3) is 1.00. The minimum absolute atomic E-state index is 0.0431. The van der Waals surface area contributed by atoms with E-state index in [1.54, 1.807) is 0 Å². The van der Waals surface area contributed by atoms with Crippen LogP contribution in [0.1, 0.15) is 39.5 Å². The van der Waals surface area contributed by atoms with E-state index < -0.39 is 0 Å². The lowest BCUT2D eigenvalue weighted by Gasteiger charge is -2.52. The van der Waals surface area contributed by atoms with Gasteiger partial charge in [0.05, 0.1) is 18.3 Å². The van der Waals surface area contributed by atoms with Gasteiger partial charge < -0.3 is 15.2 Å². The molecule has 0 radical (unpaired) electrons. The number of ether oxygens (including phenoxy) is 2. The zero-order valence-corrected chi connectivity index (χ0v) is 12.1. The number of nitrogens with two attached hydrogens (primary N) is 1. The second-order valence-corrected chi connectivity index (χ2v) is 6.39. The highest BCUT2D eigenvalue weighted by atomic mass is 16.5. The van der Waals surface area contributed by atoms with Crippen LogP contribution in [0.25, 0.3) is 0 Å². The summed E-state index contributed by atoms with van der Waals surface area (Å²) in [5.74, 6) is 0. The van der Waals surface area contributed by atoms with Crippen LogP contribution in [0.5, 0.6) is 0 Å². The Kier molecular flexibility index (Phi) is 4.32. The Hall–Kier alpha value is -0.160. The van der Waals surface area contributed by atoms with Crippen molar-refractivity contribution in [3.8, 4) is 0 Å². The minimum Gasteiger partial charge on any atom is -0.381 e. The molecule has 1 aliphatic carbocycles. The molecule has 1 saturated heterocycles. The molecular formula is C14H28N2O2. The predicted octanol–water partition coefficient (Wildman–Crippen LogP) is 1.38. The monoisotopic (exact) mass is 256 g/mol. The van der Waals surface area contributed by atoms with Crippen molar-refractivity contribution < 1.29 is 9.47 Å². The largest absolute Gasteiger partial charge is 0.381 e. The molecular weight excluding hydrogens is 228 g/mol. The Morgan fingerprint density at radius 1 is 1.33 bits per heavy atom. The molecule has 1 saturated carbocycles. The molecule has 0 bridgehead atoms. The van der Waals surface area contributed by atoms with Gasteiger partial charge in [0.1, 0.15) is 0 Å². The molecule has 1 aliphatic heterocycles. The smallest absolute Gasteiger partial charge is 0.0753 e. The number of nitrogens with zero attached hydrogens (tertiary/aromatic N) is 1. The maximum absolute atomic E-state index is 6.12. The molecule has 0 aromatic heterocycles. The van der Waals surface area contributed by atoms with Crippen molar-refractivity contribution in [3.63, 3.8) is 0 Å². The predicted molar refractivity (Wildman–Crippen MR) is 72.7 cm³/mol. The first kappa shape index (κ1) is 14.3. The molecule has 2 rings (SSSR count). The van der Waals surface area contributed by atoms with Gasteiger partial charge in [0.15, 0.2) is 0 Å². The Bertz CT molecular complexity index is 273. The highest BCUT2D eigenvalue weighted by molar-refractivity contribution is 4.99. The number of morpholine rings is 1. The van der Waals surface area contributed by atoms with Crippen molar-refractivity contribution >= 4 is 0 Å². The van der Waals surface area contributed by atoms with E-state index in [2.05, 4.69) is 18.7 Å². The summed E-state index contributed by atoms with van der Waals surface area (Å²) in [6.45, 7) is 7.91. The molecule has 4 nitrogen and oxygen atoms in total. The van der Waals surface area contributed by atoms with Gasteiger partial charge in [0.2, 0.25) is 0 Å². The van der Waals surface area contributed by atoms with Crippen molar-refractivity contribution in [2.45, 2.75) is 56.8 Å². The Balaban J connectivity index is 2.04. The van der Waals surface area contributed by atoms with Gasteiger partial charge >= 0.3 is 0 Å². The van der Waals surface area contributed by atoms with E-state index in [4.69, 9.17) is 15.2 Å². The summed E-state index contributed by atoms with van der Waals surface area (Å²) in [5.41, 5.74) is 6.25. The second-order valence-electron chi connectivity index (χ2n) is 6.39. The summed E-state index contributed by atoms with van der Waals surface area (Å²) < 4.78 is 11.3. The van der Waals surface area contributed by atoms with E-state index in [-0.39, 0.29) is 11.1 Å². The molecule has 0 unspecified atom stereocenters. The summed E-state index contributed by atoms with van der Waals surface area (Å²) in [4.78, 5) is 2.57. The van der Waals surface area contributed by atoms with E-state index in [0.29, 0.717) is 6.10 Å². The summed E-state index contributed by atoms with van der Waals surface area (Å²) in [7, 11) is 1.82. The summed E-state index contributed by atoms with van der Waals surface area (Å²) >= 11 is 0. The van der Waals surface area contributed by atoms with E-state index in [9.17, 15) is 0 Å². The lowest BCUT2D eigenvalue weighted by molar-refractivity contribution is -0.127.